The van der Waals surface area contributed by atoms with E-state index in [2.05, 4.69) is 156 Å². The molecule has 0 saturated carbocycles. The van der Waals surface area contributed by atoms with Gasteiger partial charge in [0.2, 0.25) is 0 Å². The van der Waals surface area contributed by atoms with Crippen molar-refractivity contribution >= 4 is 85.6 Å². The molecule has 2 aromatic heterocycles. The highest BCUT2D eigenvalue weighted by molar-refractivity contribution is 7.25. The number of thiophene rings is 1. The van der Waals surface area contributed by atoms with Gasteiger partial charge in [0.25, 0.3) is 0 Å². The number of rotatable bonds is 2. The van der Waals surface area contributed by atoms with Crippen LogP contribution in [0.2, 0.25) is 0 Å². The van der Waals surface area contributed by atoms with E-state index in [0.717, 1.165) is 0 Å². The molecule has 0 radical (unpaired) electrons. The van der Waals surface area contributed by atoms with E-state index >= 15 is 0 Å². The topological polar surface area (TPSA) is 4.93 Å². The summed E-state index contributed by atoms with van der Waals surface area (Å²) in [6.07, 6.45) is 0. The standard InChI is InChI=1S/C42H25NS/c1-3-15-31-29(13-1)30-14-2-4-16-32(30)36-25-39-37(24-35(31)36)33-17-5-7-20-38(33)43(39)27-12-9-11-26(23-27)28-19-10-22-41-42(28)34-18-6-8-21-40(34)44-41/h1-25H. The molecule has 0 aliphatic heterocycles. The van der Waals surface area contributed by atoms with E-state index in [1.165, 1.54) is 91.1 Å². The quantitative estimate of drug-likeness (QED) is 0.181. The zero-order chi connectivity index (χ0) is 28.8. The molecule has 44 heavy (non-hydrogen) atoms. The van der Waals surface area contributed by atoms with Gasteiger partial charge in [0, 0.05) is 36.6 Å². The van der Waals surface area contributed by atoms with Gasteiger partial charge in [-0.3, -0.25) is 0 Å². The van der Waals surface area contributed by atoms with Crippen LogP contribution in [0.1, 0.15) is 0 Å². The van der Waals surface area contributed by atoms with Crippen molar-refractivity contribution in [2.75, 3.05) is 0 Å². The maximum absolute atomic E-state index is 2.46. The van der Waals surface area contributed by atoms with Crippen LogP contribution in [0, 0.1) is 0 Å². The first-order valence-corrected chi connectivity index (χ1v) is 15.9. The molecule has 0 bridgehead atoms. The maximum atomic E-state index is 2.46. The van der Waals surface area contributed by atoms with Crippen molar-refractivity contribution in [3.05, 3.63) is 152 Å². The second-order valence-electron chi connectivity index (χ2n) is 11.7. The van der Waals surface area contributed by atoms with Gasteiger partial charge in [0.1, 0.15) is 0 Å². The minimum atomic E-state index is 1.18. The van der Waals surface area contributed by atoms with Crippen molar-refractivity contribution in [2.45, 2.75) is 0 Å². The lowest BCUT2D eigenvalue weighted by Crippen LogP contribution is -1.94. The lowest BCUT2D eigenvalue weighted by molar-refractivity contribution is 1.18. The molecule has 0 spiro atoms. The molecule has 0 aliphatic carbocycles. The van der Waals surface area contributed by atoms with E-state index in [4.69, 9.17) is 0 Å². The van der Waals surface area contributed by atoms with Crippen LogP contribution in [0.15, 0.2) is 152 Å². The highest BCUT2D eigenvalue weighted by Crippen LogP contribution is 2.43. The van der Waals surface area contributed by atoms with Gasteiger partial charge in [0.15, 0.2) is 0 Å². The molecule has 0 N–H and O–H groups in total. The minimum absolute atomic E-state index is 1.18. The largest absolute Gasteiger partial charge is 0.309 e. The summed E-state index contributed by atoms with van der Waals surface area (Å²) in [5.74, 6) is 0. The Hall–Kier alpha value is -5.44. The Morgan fingerprint density at radius 2 is 0.955 bits per heavy atom. The summed E-state index contributed by atoms with van der Waals surface area (Å²) in [7, 11) is 0. The zero-order valence-electron chi connectivity index (χ0n) is 23.8. The first-order valence-electron chi connectivity index (χ1n) is 15.1. The number of fused-ring (bicyclic) bond motifs is 12. The predicted molar refractivity (Wildman–Crippen MR) is 192 cm³/mol. The summed E-state index contributed by atoms with van der Waals surface area (Å²) < 4.78 is 5.13. The molecule has 0 amide bonds. The Kier molecular flexibility index (Phi) is 4.94. The van der Waals surface area contributed by atoms with Gasteiger partial charge in [-0.15, -0.1) is 11.3 Å². The van der Waals surface area contributed by atoms with Gasteiger partial charge < -0.3 is 4.57 Å². The summed E-state index contributed by atoms with van der Waals surface area (Å²) in [6, 6.07) is 56.0. The van der Waals surface area contributed by atoms with E-state index < -0.39 is 0 Å². The molecule has 0 aliphatic rings. The Bertz CT molecular complexity index is 2780. The highest BCUT2D eigenvalue weighted by atomic mass is 32.1. The normalized spacial score (nSPS) is 12.1. The first kappa shape index (κ1) is 24.0. The third kappa shape index (κ3) is 3.29. The van der Waals surface area contributed by atoms with Crippen LogP contribution in [-0.4, -0.2) is 4.57 Å². The van der Waals surface area contributed by atoms with Crippen LogP contribution >= 0.6 is 11.3 Å². The molecule has 2 heteroatoms. The summed E-state index contributed by atoms with van der Waals surface area (Å²) >= 11 is 1.87. The Balaban J connectivity index is 1.30. The molecule has 1 nitrogen and oxygen atoms in total. The molecule has 0 atom stereocenters. The van der Waals surface area contributed by atoms with E-state index in [0.29, 0.717) is 0 Å². The molecule has 0 saturated heterocycles. The number of aromatic nitrogens is 1. The van der Waals surface area contributed by atoms with E-state index in [-0.39, 0.29) is 0 Å². The van der Waals surface area contributed by atoms with Crippen LogP contribution in [0.25, 0.3) is 91.1 Å². The molecular formula is C42H25NS. The van der Waals surface area contributed by atoms with Crippen LogP contribution < -0.4 is 0 Å². The maximum Gasteiger partial charge on any atom is 0.0547 e. The summed E-state index contributed by atoms with van der Waals surface area (Å²) in [6.45, 7) is 0. The van der Waals surface area contributed by atoms with E-state index in [1.54, 1.807) is 0 Å². The van der Waals surface area contributed by atoms with Gasteiger partial charge >= 0.3 is 0 Å². The first-order chi connectivity index (χ1) is 21.8. The fourth-order valence-electron chi connectivity index (χ4n) is 7.47. The van der Waals surface area contributed by atoms with Crippen molar-refractivity contribution in [3.8, 4) is 16.8 Å². The van der Waals surface area contributed by atoms with Crippen molar-refractivity contribution in [2.24, 2.45) is 0 Å². The lowest BCUT2D eigenvalue weighted by atomic mass is 9.93. The fourth-order valence-corrected chi connectivity index (χ4v) is 8.60. The average Bonchev–Trinajstić information content (AvgIpc) is 3.63. The number of hydrogen-bond acceptors (Lipinski definition) is 1. The van der Waals surface area contributed by atoms with Gasteiger partial charge in [0.05, 0.1) is 11.0 Å². The van der Waals surface area contributed by atoms with Gasteiger partial charge in [-0.05, 0) is 85.9 Å². The molecule has 10 rings (SSSR count). The van der Waals surface area contributed by atoms with Crippen LogP contribution in [0.3, 0.4) is 0 Å². The number of nitrogens with zero attached hydrogens (tertiary/aromatic N) is 1. The Labute approximate surface area is 257 Å². The monoisotopic (exact) mass is 575 g/mol. The van der Waals surface area contributed by atoms with Crippen LogP contribution in [0.4, 0.5) is 0 Å². The number of hydrogen-bond donors (Lipinski definition) is 0. The summed E-state index contributed by atoms with van der Waals surface area (Å²) in [5, 5.41) is 13.0. The Morgan fingerprint density at radius 1 is 0.364 bits per heavy atom. The van der Waals surface area contributed by atoms with Crippen molar-refractivity contribution in [3.63, 3.8) is 0 Å². The fraction of sp³-hybridized carbons (Fsp3) is 0. The third-order valence-corrected chi connectivity index (χ3v) is 10.5. The van der Waals surface area contributed by atoms with E-state index in [9.17, 15) is 0 Å². The SMILES string of the molecule is c1cc(-c2cccc3sc4ccccc4c23)cc(-n2c3ccccc3c3cc4c5ccccc5c5ccccc5c4cc32)c1. The highest BCUT2D eigenvalue weighted by Gasteiger charge is 2.17. The molecule has 8 aromatic carbocycles. The van der Waals surface area contributed by atoms with Crippen molar-refractivity contribution in [1.29, 1.82) is 0 Å². The Morgan fingerprint density at radius 3 is 1.73 bits per heavy atom. The smallest absolute Gasteiger partial charge is 0.0547 e. The minimum Gasteiger partial charge on any atom is -0.309 e. The van der Waals surface area contributed by atoms with Crippen LogP contribution in [-0.2, 0) is 0 Å². The molecule has 204 valence electrons. The number of para-hydroxylation sites is 1. The van der Waals surface area contributed by atoms with Gasteiger partial charge in [-0.25, -0.2) is 0 Å². The molecule has 0 unspecified atom stereocenters. The lowest BCUT2D eigenvalue weighted by Gasteiger charge is -2.13. The molecule has 0 fully saturated rings. The van der Waals surface area contributed by atoms with Gasteiger partial charge in [-0.1, -0.05) is 109 Å². The van der Waals surface area contributed by atoms with Gasteiger partial charge in [-0.2, -0.15) is 0 Å². The summed E-state index contributed by atoms with van der Waals surface area (Å²) in [5.41, 5.74) is 6.15. The summed E-state index contributed by atoms with van der Waals surface area (Å²) in [4.78, 5) is 0. The molecular weight excluding hydrogens is 551 g/mol. The second-order valence-corrected chi connectivity index (χ2v) is 12.8. The van der Waals surface area contributed by atoms with E-state index in [1.807, 2.05) is 11.3 Å². The zero-order valence-corrected chi connectivity index (χ0v) is 24.6. The third-order valence-electron chi connectivity index (χ3n) is 9.35. The molecule has 2 heterocycles. The molecule has 10 aromatic rings. The van der Waals surface area contributed by atoms with Crippen LogP contribution in [0.5, 0.6) is 0 Å². The predicted octanol–water partition coefficient (Wildman–Crippen LogP) is 12.3. The van der Waals surface area contributed by atoms with Crippen molar-refractivity contribution < 1.29 is 0 Å². The number of benzene rings is 8. The van der Waals surface area contributed by atoms with Crippen molar-refractivity contribution in [1.82, 2.24) is 4.57 Å². The second kappa shape index (κ2) is 9.03. The average molecular weight is 576 g/mol.